The highest BCUT2D eigenvalue weighted by Gasteiger charge is 2.25. The zero-order valence-corrected chi connectivity index (χ0v) is 20.0. The van der Waals surface area contributed by atoms with Crippen molar-refractivity contribution in [2.75, 3.05) is 20.9 Å². The summed E-state index contributed by atoms with van der Waals surface area (Å²) in [5, 5.41) is 3.60. The topological polar surface area (TPSA) is 85.7 Å². The monoisotopic (exact) mass is 458 g/mol. The largest absolute Gasteiger partial charge is 0.454 e. The second kappa shape index (κ2) is 8.38. The fourth-order valence-corrected chi connectivity index (χ4v) is 4.75. The molecule has 0 saturated heterocycles. The molecule has 1 aliphatic heterocycles. The molecule has 0 spiro atoms. The van der Waals surface area contributed by atoms with Crippen LogP contribution in [0.15, 0.2) is 41.3 Å². The van der Waals surface area contributed by atoms with Crippen LogP contribution in [-0.2, 0) is 28.7 Å². The van der Waals surface area contributed by atoms with Crippen molar-refractivity contribution in [2.45, 2.75) is 50.7 Å². The van der Waals surface area contributed by atoms with Crippen molar-refractivity contribution in [1.29, 1.82) is 0 Å². The maximum Gasteiger partial charge on any atom is 0.242 e. The van der Waals surface area contributed by atoms with E-state index in [1.165, 1.54) is 18.4 Å². The first kappa shape index (κ1) is 22.6. The van der Waals surface area contributed by atoms with Gasteiger partial charge in [0.05, 0.1) is 22.5 Å². The van der Waals surface area contributed by atoms with Crippen molar-refractivity contribution in [3.63, 3.8) is 0 Å². The number of fused-ring (bicyclic) bond motifs is 2. The number of benzene rings is 2. The van der Waals surface area contributed by atoms with E-state index >= 15 is 0 Å². The Hall–Kier alpha value is -2.62. The first-order valence-electron chi connectivity index (χ1n) is 10.7. The van der Waals surface area contributed by atoms with Crippen molar-refractivity contribution < 1.29 is 17.9 Å². The molecular formula is C23H30N4O4S. The van der Waals surface area contributed by atoms with E-state index in [2.05, 4.69) is 30.7 Å². The molecule has 1 aliphatic rings. The van der Waals surface area contributed by atoms with Gasteiger partial charge in [0.15, 0.2) is 11.5 Å². The number of hydrogen-bond acceptors (Lipinski definition) is 6. The molecule has 0 bridgehead atoms. The molecule has 0 amide bonds. The van der Waals surface area contributed by atoms with E-state index in [0.29, 0.717) is 12.1 Å². The van der Waals surface area contributed by atoms with Crippen molar-refractivity contribution in [2.24, 2.45) is 0 Å². The lowest BCUT2D eigenvalue weighted by Gasteiger charge is -2.27. The molecule has 8 nitrogen and oxygen atoms in total. The summed E-state index contributed by atoms with van der Waals surface area (Å²) in [6, 6.07) is 11.1. The Morgan fingerprint density at radius 1 is 1.12 bits per heavy atom. The number of sulfonamides is 1. The minimum absolute atomic E-state index is 0.247. The Kier molecular flexibility index (Phi) is 5.91. The van der Waals surface area contributed by atoms with Crippen LogP contribution in [0.3, 0.4) is 0 Å². The summed E-state index contributed by atoms with van der Waals surface area (Å²) in [4.78, 5) is 5.04. The maximum atomic E-state index is 12.5. The molecule has 2 heterocycles. The first-order chi connectivity index (χ1) is 15.1. The van der Waals surface area contributed by atoms with Gasteiger partial charge in [0, 0.05) is 26.2 Å². The van der Waals surface area contributed by atoms with Gasteiger partial charge in [-0.1, -0.05) is 13.0 Å². The molecule has 9 heteroatoms. The molecule has 2 aromatic carbocycles. The predicted molar refractivity (Wildman–Crippen MR) is 123 cm³/mol. The zero-order chi connectivity index (χ0) is 23.1. The lowest BCUT2D eigenvalue weighted by Crippen LogP contribution is -2.36. The van der Waals surface area contributed by atoms with Crippen LogP contribution < -0.4 is 14.8 Å². The van der Waals surface area contributed by atoms with Crippen molar-refractivity contribution in [3.8, 4) is 11.5 Å². The summed E-state index contributed by atoms with van der Waals surface area (Å²) in [7, 11) is -0.453. The molecular weight excluding hydrogens is 428 g/mol. The average Bonchev–Trinajstić information content (AvgIpc) is 3.36. The number of aryl methyl sites for hydroxylation is 1. The molecule has 0 atom stereocenters. The minimum atomic E-state index is -3.51. The number of nitrogens with one attached hydrogen (secondary N) is 1. The van der Waals surface area contributed by atoms with Gasteiger partial charge >= 0.3 is 0 Å². The number of ether oxygens (including phenoxy) is 2. The van der Waals surface area contributed by atoms with Gasteiger partial charge in [-0.05, 0) is 56.2 Å². The lowest BCUT2D eigenvalue weighted by molar-refractivity contribution is 0.174. The number of nitrogens with zero attached hydrogens (tertiary/aromatic N) is 3. The van der Waals surface area contributed by atoms with Gasteiger partial charge in [-0.15, -0.1) is 0 Å². The normalized spacial score (nSPS) is 13.9. The van der Waals surface area contributed by atoms with Crippen LogP contribution in [-0.4, -0.2) is 43.2 Å². The van der Waals surface area contributed by atoms with Gasteiger partial charge in [0.25, 0.3) is 0 Å². The summed E-state index contributed by atoms with van der Waals surface area (Å²) < 4.78 is 39.4. The zero-order valence-electron chi connectivity index (χ0n) is 19.2. The van der Waals surface area contributed by atoms with E-state index < -0.39 is 10.0 Å². The molecule has 0 unspecified atom stereocenters. The van der Waals surface area contributed by atoms with Crippen LogP contribution in [0.5, 0.6) is 11.5 Å². The van der Waals surface area contributed by atoms with E-state index in [9.17, 15) is 8.42 Å². The summed E-state index contributed by atoms with van der Waals surface area (Å²) in [6.07, 6.45) is 0.946. The lowest BCUT2D eigenvalue weighted by atomic mass is 9.94. The Bertz CT molecular complexity index is 1250. The van der Waals surface area contributed by atoms with Gasteiger partial charge in [-0.25, -0.2) is 17.7 Å². The number of aromatic nitrogens is 2. The standard InChI is InChI=1S/C23H30N4O4S/c1-6-11-27-19-9-8-17(32(28,29)26(4)5)13-18(19)25-22(27)14-24-23(2,3)16-7-10-20-21(12-16)31-15-30-20/h7-10,12-13,24H,6,11,14-15H2,1-5H3. The second-order valence-electron chi connectivity index (χ2n) is 8.66. The van der Waals surface area contributed by atoms with E-state index in [1.54, 1.807) is 12.1 Å². The smallest absolute Gasteiger partial charge is 0.242 e. The van der Waals surface area contributed by atoms with Gasteiger partial charge in [0.2, 0.25) is 16.8 Å². The van der Waals surface area contributed by atoms with Crippen LogP contribution >= 0.6 is 0 Å². The fraction of sp³-hybridized carbons (Fsp3) is 0.435. The van der Waals surface area contributed by atoms with Gasteiger partial charge in [0.1, 0.15) is 5.82 Å². The summed E-state index contributed by atoms with van der Waals surface area (Å²) in [5.41, 5.74) is 2.36. The van der Waals surface area contributed by atoms with Crippen molar-refractivity contribution in [3.05, 3.63) is 47.8 Å². The highest BCUT2D eigenvalue weighted by molar-refractivity contribution is 7.89. The molecule has 0 aliphatic carbocycles. The molecule has 32 heavy (non-hydrogen) atoms. The van der Waals surface area contributed by atoms with Gasteiger partial charge in [-0.3, -0.25) is 0 Å². The number of imidazole rings is 1. The Morgan fingerprint density at radius 3 is 2.59 bits per heavy atom. The van der Waals surface area contributed by atoms with Crippen LogP contribution in [0.25, 0.3) is 11.0 Å². The Morgan fingerprint density at radius 2 is 1.88 bits per heavy atom. The molecule has 0 fully saturated rings. The van der Waals surface area contributed by atoms with Crippen LogP contribution in [0, 0.1) is 0 Å². The van der Waals surface area contributed by atoms with E-state index in [-0.39, 0.29) is 17.2 Å². The van der Waals surface area contributed by atoms with Crippen LogP contribution in [0.1, 0.15) is 38.6 Å². The van der Waals surface area contributed by atoms with E-state index in [1.807, 2.05) is 24.3 Å². The third-order valence-corrected chi connectivity index (χ3v) is 7.62. The fourth-order valence-electron chi connectivity index (χ4n) is 3.83. The first-order valence-corrected chi connectivity index (χ1v) is 12.1. The van der Waals surface area contributed by atoms with E-state index in [4.69, 9.17) is 14.5 Å². The maximum absolute atomic E-state index is 12.5. The average molecular weight is 459 g/mol. The quantitative estimate of drug-likeness (QED) is 0.557. The summed E-state index contributed by atoms with van der Waals surface area (Å²) >= 11 is 0. The predicted octanol–water partition coefficient (Wildman–Crippen LogP) is 3.45. The Labute approximate surface area is 189 Å². The summed E-state index contributed by atoms with van der Waals surface area (Å²) in [6.45, 7) is 7.92. The molecule has 0 saturated carbocycles. The SMILES string of the molecule is CCCn1c(CNC(C)(C)c2ccc3c(c2)OCO3)nc2cc(S(=O)(=O)N(C)C)ccc21. The molecule has 4 rings (SSSR count). The molecule has 0 radical (unpaired) electrons. The van der Waals surface area contributed by atoms with Crippen LogP contribution in [0.2, 0.25) is 0 Å². The molecule has 172 valence electrons. The third kappa shape index (κ3) is 4.07. The van der Waals surface area contributed by atoms with E-state index in [0.717, 1.165) is 41.4 Å². The third-order valence-electron chi connectivity index (χ3n) is 5.81. The molecule has 1 aromatic heterocycles. The minimum Gasteiger partial charge on any atom is -0.454 e. The van der Waals surface area contributed by atoms with Gasteiger partial charge in [-0.2, -0.15) is 0 Å². The number of rotatable bonds is 8. The van der Waals surface area contributed by atoms with Crippen LogP contribution in [0.4, 0.5) is 0 Å². The molecule has 1 N–H and O–H groups in total. The molecule has 3 aromatic rings. The highest BCUT2D eigenvalue weighted by Crippen LogP contribution is 2.35. The Balaban J connectivity index is 1.63. The second-order valence-corrected chi connectivity index (χ2v) is 10.8. The highest BCUT2D eigenvalue weighted by atomic mass is 32.2. The van der Waals surface area contributed by atoms with Crippen molar-refractivity contribution in [1.82, 2.24) is 19.2 Å². The summed E-state index contributed by atoms with van der Waals surface area (Å²) in [5.74, 6) is 2.39. The number of hydrogen-bond donors (Lipinski definition) is 1. The van der Waals surface area contributed by atoms with Gasteiger partial charge < -0.3 is 19.4 Å². The van der Waals surface area contributed by atoms with Crippen molar-refractivity contribution >= 4 is 21.1 Å².